The number of guanidine groups is 1. The Balaban J connectivity index is 2.47. The van der Waals surface area contributed by atoms with Gasteiger partial charge in [-0.15, -0.1) is 0 Å². The minimum atomic E-state index is -0.501. The summed E-state index contributed by atoms with van der Waals surface area (Å²) in [5.74, 6) is -0.156. The molecular weight excluding hydrogens is 302 g/mol. The lowest BCUT2D eigenvalue weighted by atomic mass is 10.2. The van der Waals surface area contributed by atoms with E-state index in [4.69, 9.17) is 25.7 Å². The van der Waals surface area contributed by atoms with Crippen molar-refractivity contribution in [3.63, 3.8) is 0 Å². The number of methoxy groups -OCH3 is 2. The molecule has 0 fully saturated rings. The van der Waals surface area contributed by atoms with Crippen LogP contribution < -0.4 is 25.9 Å². The minimum Gasteiger partial charge on any atom is -0.502 e. The quantitative estimate of drug-likeness (QED) is 0.200. The molecular formula is C15H24N3O5+. The Morgan fingerprint density at radius 1 is 1.13 bits per heavy atom. The van der Waals surface area contributed by atoms with Gasteiger partial charge in [0.1, 0.15) is 0 Å². The fourth-order valence-corrected chi connectivity index (χ4v) is 1.90. The smallest absolute Gasteiger partial charge is 0.338 e. The van der Waals surface area contributed by atoms with Crippen molar-refractivity contribution in [3.05, 3.63) is 17.7 Å². The first-order valence-corrected chi connectivity index (χ1v) is 7.23. The number of phenols is 1. The van der Waals surface area contributed by atoms with E-state index in [1.807, 2.05) is 0 Å². The molecule has 0 aliphatic heterocycles. The van der Waals surface area contributed by atoms with E-state index in [-0.39, 0.29) is 28.8 Å². The Bertz CT molecular complexity index is 531. The van der Waals surface area contributed by atoms with E-state index in [0.29, 0.717) is 13.2 Å². The zero-order valence-corrected chi connectivity index (χ0v) is 13.4. The lowest BCUT2D eigenvalue weighted by Gasteiger charge is -2.11. The van der Waals surface area contributed by atoms with Crippen molar-refractivity contribution in [2.45, 2.75) is 19.3 Å². The number of carbonyl (C=O) groups is 1. The molecule has 0 heterocycles. The Labute approximate surface area is 135 Å². The minimum absolute atomic E-state index is 0.151. The zero-order chi connectivity index (χ0) is 17.2. The number of esters is 1. The van der Waals surface area contributed by atoms with Gasteiger partial charge in [-0.1, -0.05) is 0 Å². The normalized spacial score (nSPS) is 10.0. The second kappa shape index (κ2) is 9.39. The van der Waals surface area contributed by atoms with Crippen LogP contribution in [-0.2, 0) is 4.74 Å². The predicted octanol–water partition coefficient (Wildman–Crippen LogP) is -0.909. The van der Waals surface area contributed by atoms with Gasteiger partial charge in [0.15, 0.2) is 11.5 Å². The fraction of sp³-hybridized carbons (Fsp3) is 0.467. The van der Waals surface area contributed by atoms with E-state index < -0.39 is 5.97 Å². The van der Waals surface area contributed by atoms with E-state index in [9.17, 15) is 9.90 Å². The average molecular weight is 326 g/mol. The number of hydrogen-bond acceptors (Lipinski definition) is 5. The summed E-state index contributed by atoms with van der Waals surface area (Å²) < 4.78 is 15.2. The van der Waals surface area contributed by atoms with Crippen LogP contribution >= 0.6 is 0 Å². The highest BCUT2D eigenvalue weighted by atomic mass is 16.5. The molecule has 23 heavy (non-hydrogen) atoms. The lowest BCUT2D eigenvalue weighted by molar-refractivity contribution is -0.459. The Kier molecular flexibility index (Phi) is 7.52. The molecule has 0 unspecified atom stereocenters. The van der Waals surface area contributed by atoms with Crippen LogP contribution in [0.2, 0.25) is 0 Å². The molecule has 1 aromatic rings. The van der Waals surface area contributed by atoms with Gasteiger partial charge in [-0.3, -0.25) is 16.5 Å². The largest absolute Gasteiger partial charge is 0.502 e. The third-order valence-corrected chi connectivity index (χ3v) is 3.10. The van der Waals surface area contributed by atoms with Crippen molar-refractivity contribution < 1.29 is 29.1 Å². The van der Waals surface area contributed by atoms with Crippen LogP contribution in [0.4, 0.5) is 0 Å². The molecule has 0 aliphatic carbocycles. The summed E-state index contributed by atoms with van der Waals surface area (Å²) in [5.41, 5.74) is 10.8. The van der Waals surface area contributed by atoms with Crippen molar-refractivity contribution in [1.82, 2.24) is 0 Å². The third-order valence-electron chi connectivity index (χ3n) is 3.10. The van der Waals surface area contributed by atoms with Crippen molar-refractivity contribution in [3.8, 4) is 17.2 Å². The van der Waals surface area contributed by atoms with Crippen LogP contribution in [0.1, 0.15) is 29.6 Å². The molecule has 0 aliphatic rings. The topological polar surface area (TPSA) is 131 Å². The molecule has 128 valence electrons. The summed E-state index contributed by atoms with van der Waals surface area (Å²) in [6.07, 6.45) is 2.47. The van der Waals surface area contributed by atoms with Crippen molar-refractivity contribution in [2.75, 3.05) is 27.4 Å². The number of hydrogen-bond donors (Lipinski definition) is 4. The van der Waals surface area contributed by atoms with E-state index in [1.54, 1.807) is 0 Å². The van der Waals surface area contributed by atoms with Gasteiger partial charge < -0.3 is 19.3 Å². The highest BCUT2D eigenvalue weighted by molar-refractivity contribution is 5.91. The molecule has 1 aromatic carbocycles. The number of phenolic OH excluding ortho intramolecular Hbond substituents is 1. The maximum absolute atomic E-state index is 12.0. The molecule has 8 heteroatoms. The summed E-state index contributed by atoms with van der Waals surface area (Å²) in [5, 5.41) is 9.80. The van der Waals surface area contributed by atoms with Gasteiger partial charge in [0, 0.05) is 0 Å². The zero-order valence-electron chi connectivity index (χ0n) is 13.4. The Hall–Kier alpha value is -2.64. The molecule has 0 saturated carbocycles. The Morgan fingerprint density at radius 3 is 2.26 bits per heavy atom. The summed E-state index contributed by atoms with van der Waals surface area (Å²) >= 11 is 0. The molecule has 0 atom stereocenters. The van der Waals surface area contributed by atoms with Gasteiger partial charge in [0.05, 0.1) is 32.9 Å². The highest BCUT2D eigenvalue weighted by Crippen LogP contribution is 2.37. The van der Waals surface area contributed by atoms with Crippen LogP contribution in [0.25, 0.3) is 0 Å². The van der Waals surface area contributed by atoms with Gasteiger partial charge in [0.25, 0.3) is 0 Å². The number of aromatic hydroxyl groups is 1. The third kappa shape index (κ3) is 5.93. The van der Waals surface area contributed by atoms with Gasteiger partial charge in [-0.25, -0.2) is 4.79 Å². The SMILES string of the molecule is COc1cc(C(=O)OCCCCC[NH+]=C(N)N)cc(OC)c1O. The first-order chi connectivity index (χ1) is 11.0. The van der Waals surface area contributed by atoms with Gasteiger partial charge in [-0.2, -0.15) is 0 Å². The van der Waals surface area contributed by atoms with E-state index in [2.05, 4.69) is 4.99 Å². The monoisotopic (exact) mass is 326 g/mol. The van der Waals surface area contributed by atoms with E-state index in [0.717, 1.165) is 19.3 Å². The van der Waals surface area contributed by atoms with Crippen LogP contribution in [0.15, 0.2) is 12.1 Å². The number of nitrogens with one attached hydrogen (secondary N) is 1. The number of unbranched alkanes of at least 4 members (excludes halogenated alkanes) is 2. The molecule has 6 N–H and O–H groups in total. The summed E-state index contributed by atoms with van der Waals surface area (Å²) in [6, 6.07) is 2.81. The molecule has 0 saturated heterocycles. The number of ether oxygens (including phenoxy) is 3. The highest BCUT2D eigenvalue weighted by Gasteiger charge is 2.16. The molecule has 0 radical (unpaired) electrons. The summed E-state index contributed by atoms with van der Waals surface area (Å²) in [6.45, 7) is 0.981. The number of nitrogens with two attached hydrogens (primary N) is 2. The summed E-state index contributed by atoms with van der Waals surface area (Å²) in [4.78, 5) is 14.8. The molecule has 0 aromatic heterocycles. The summed E-state index contributed by atoms with van der Waals surface area (Å²) in [7, 11) is 2.78. The molecule has 0 spiro atoms. The van der Waals surface area contributed by atoms with Crippen LogP contribution in [-0.4, -0.2) is 44.4 Å². The number of rotatable bonds is 9. The molecule has 1 rings (SSSR count). The van der Waals surface area contributed by atoms with E-state index in [1.165, 1.54) is 26.4 Å². The van der Waals surface area contributed by atoms with Gasteiger partial charge in [0.2, 0.25) is 5.75 Å². The Morgan fingerprint density at radius 2 is 1.74 bits per heavy atom. The van der Waals surface area contributed by atoms with Crippen LogP contribution in [0.5, 0.6) is 17.2 Å². The van der Waals surface area contributed by atoms with Crippen molar-refractivity contribution >= 4 is 11.9 Å². The van der Waals surface area contributed by atoms with Crippen LogP contribution in [0, 0.1) is 0 Å². The first kappa shape index (κ1) is 18.4. The fourth-order valence-electron chi connectivity index (χ4n) is 1.90. The maximum atomic E-state index is 12.0. The average Bonchev–Trinajstić information content (AvgIpc) is 2.53. The standard InChI is InChI=1S/C15H23N3O5/c1-21-11-8-10(9-12(22-2)13(11)19)14(20)23-7-5-3-4-6-18-15(16)17/h8-9,19H,3-7H2,1-2H3,(H4,16,17,18)/p+1. The van der Waals surface area contributed by atoms with Gasteiger partial charge >= 0.3 is 11.9 Å². The molecule has 0 amide bonds. The van der Waals surface area contributed by atoms with E-state index >= 15 is 0 Å². The molecule has 0 bridgehead atoms. The maximum Gasteiger partial charge on any atom is 0.338 e. The number of carbonyl (C=O) groups excluding carboxylic acids is 1. The first-order valence-electron chi connectivity index (χ1n) is 7.23. The second-order valence-electron chi connectivity index (χ2n) is 4.81. The number of benzene rings is 1. The van der Waals surface area contributed by atoms with Crippen molar-refractivity contribution in [2.24, 2.45) is 11.5 Å². The molecule has 8 nitrogen and oxygen atoms in total. The predicted molar refractivity (Wildman–Crippen MR) is 84.6 cm³/mol. The lowest BCUT2D eigenvalue weighted by Crippen LogP contribution is -2.78. The van der Waals surface area contributed by atoms with Gasteiger partial charge in [-0.05, 0) is 31.4 Å². The van der Waals surface area contributed by atoms with Crippen LogP contribution in [0.3, 0.4) is 0 Å². The second-order valence-corrected chi connectivity index (χ2v) is 4.81. The van der Waals surface area contributed by atoms with Crippen molar-refractivity contribution in [1.29, 1.82) is 0 Å².